The number of anilines is 1. The Bertz CT molecular complexity index is 330. The van der Waals surface area contributed by atoms with E-state index in [0.717, 1.165) is 5.69 Å². The molecule has 0 fully saturated rings. The van der Waals surface area contributed by atoms with Gasteiger partial charge in [-0.05, 0) is 37.8 Å². The number of benzene rings is 1. The molecule has 0 spiro atoms. The van der Waals surface area contributed by atoms with Gasteiger partial charge in [0.25, 0.3) is 0 Å². The second kappa shape index (κ2) is 7.69. The average molecular weight is 217 g/mol. The third-order valence-corrected chi connectivity index (χ3v) is 2.59. The predicted octanol–water partition coefficient (Wildman–Crippen LogP) is 3.76. The van der Waals surface area contributed by atoms with E-state index in [2.05, 4.69) is 18.3 Å². The van der Waals surface area contributed by atoms with Gasteiger partial charge in [0.2, 0.25) is 6.41 Å². The van der Waals surface area contributed by atoms with Gasteiger partial charge in [0, 0.05) is 5.69 Å². The maximum absolute atomic E-state index is 9.86. The van der Waals surface area contributed by atoms with Gasteiger partial charge in [0.1, 0.15) is 0 Å². The summed E-state index contributed by atoms with van der Waals surface area (Å²) in [5, 5.41) is 2.53. The Hall–Kier alpha value is -1.57. The Balaban J connectivity index is 0.000000165. The number of carbonyl (C=O) groups is 1. The van der Waals surface area contributed by atoms with E-state index in [1.54, 1.807) is 5.57 Å². The van der Waals surface area contributed by atoms with Gasteiger partial charge in [-0.25, -0.2) is 0 Å². The van der Waals surface area contributed by atoms with Crippen LogP contribution in [-0.2, 0) is 4.79 Å². The number of rotatable bonds is 3. The minimum Gasteiger partial charge on any atom is -0.329 e. The minimum absolute atomic E-state index is 0.662. The van der Waals surface area contributed by atoms with Crippen molar-refractivity contribution in [1.29, 1.82) is 0 Å². The minimum atomic E-state index is 0.662. The number of hydrogen-bond acceptors (Lipinski definition) is 1. The van der Waals surface area contributed by atoms with E-state index < -0.39 is 0 Å². The lowest BCUT2D eigenvalue weighted by atomic mass is 10.2. The summed E-state index contributed by atoms with van der Waals surface area (Å²) in [5.41, 5.74) is 2.49. The molecule has 0 aromatic heterocycles. The summed E-state index contributed by atoms with van der Waals surface area (Å²) in [6.45, 7) is 2.23. The highest BCUT2D eigenvalue weighted by molar-refractivity contribution is 5.70. The molecule has 86 valence electrons. The maximum atomic E-state index is 9.86. The zero-order valence-corrected chi connectivity index (χ0v) is 9.78. The molecule has 0 aliphatic heterocycles. The summed E-state index contributed by atoms with van der Waals surface area (Å²) in [6.07, 6.45) is 8.43. The summed E-state index contributed by atoms with van der Waals surface area (Å²) in [5.74, 6) is 0. The molecular formula is C14H19NO. The van der Waals surface area contributed by atoms with Crippen molar-refractivity contribution in [2.45, 2.75) is 32.6 Å². The van der Waals surface area contributed by atoms with Crippen LogP contribution in [0.25, 0.3) is 0 Å². The normalized spacial score (nSPS) is 13.4. The van der Waals surface area contributed by atoms with E-state index >= 15 is 0 Å². The highest BCUT2D eigenvalue weighted by atomic mass is 16.1. The quantitative estimate of drug-likeness (QED) is 0.606. The molecule has 16 heavy (non-hydrogen) atoms. The molecular weight excluding hydrogens is 198 g/mol. The Kier molecular flexibility index (Phi) is 6.00. The second-order valence-electron chi connectivity index (χ2n) is 3.74. The summed E-state index contributed by atoms with van der Waals surface area (Å²) in [7, 11) is 0. The molecule has 1 aliphatic carbocycles. The van der Waals surface area contributed by atoms with E-state index in [9.17, 15) is 4.79 Å². The van der Waals surface area contributed by atoms with E-state index in [4.69, 9.17) is 0 Å². The third kappa shape index (κ3) is 4.78. The molecule has 2 nitrogen and oxygen atoms in total. The van der Waals surface area contributed by atoms with Crippen molar-refractivity contribution in [3.63, 3.8) is 0 Å². The third-order valence-electron chi connectivity index (χ3n) is 2.59. The van der Waals surface area contributed by atoms with Crippen LogP contribution in [0.15, 0.2) is 42.0 Å². The van der Waals surface area contributed by atoms with Crippen molar-refractivity contribution in [2.75, 3.05) is 5.32 Å². The highest BCUT2D eigenvalue weighted by Gasteiger charge is 1.99. The van der Waals surface area contributed by atoms with Gasteiger partial charge in [-0.15, -0.1) is 0 Å². The second-order valence-corrected chi connectivity index (χ2v) is 3.74. The smallest absolute Gasteiger partial charge is 0.211 e. The van der Waals surface area contributed by atoms with Crippen LogP contribution in [0, 0.1) is 0 Å². The lowest BCUT2D eigenvalue weighted by Crippen LogP contribution is -1.91. The molecule has 0 saturated carbocycles. The largest absolute Gasteiger partial charge is 0.329 e. The lowest BCUT2D eigenvalue weighted by Gasteiger charge is -1.93. The topological polar surface area (TPSA) is 29.1 Å². The van der Waals surface area contributed by atoms with Crippen LogP contribution in [0.5, 0.6) is 0 Å². The maximum Gasteiger partial charge on any atom is 0.211 e. The first-order valence-corrected chi connectivity index (χ1v) is 5.80. The molecule has 0 saturated heterocycles. The number of carbonyl (C=O) groups excluding carboxylic acids is 1. The fourth-order valence-electron chi connectivity index (χ4n) is 1.66. The highest BCUT2D eigenvalue weighted by Crippen LogP contribution is 2.19. The predicted molar refractivity (Wildman–Crippen MR) is 68.4 cm³/mol. The fourth-order valence-corrected chi connectivity index (χ4v) is 1.66. The van der Waals surface area contributed by atoms with Crippen molar-refractivity contribution >= 4 is 12.1 Å². The van der Waals surface area contributed by atoms with Crippen molar-refractivity contribution in [3.8, 4) is 0 Å². The first-order chi connectivity index (χ1) is 7.86. The molecule has 1 aromatic carbocycles. The van der Waals surface area contributed by atoms with Gasteiger partial charge in [-0.1, -0.05) is 36.8 Å². The average Bonchev–Trinajstić information content (AvgIpc) is 2.84. The van der Waals surface area contributed by atoms with Crippen LogP contribution >= 0.6 is 0 Å². The first-order valence-electron chi connectivity index (χ1n) is 5.80. The Morgan fingerprint density at radius 3 is 2.50 bits per heavy atom. The number of hydrogen-bond donors (Lipinski definition) is 1. The first kappa shape index (κ1) is 12.5. The van der Waals surface area contributed by atoms with Gasteiger partial charge in [-0.3, -0.25) is 4.79 Å². The van der Waals surface area contributed by atoms with Crippen molar-refractivity contribution in [1.82, 2.24) is 0 Å². The Labute approximate surface area is 97.4 Å². The molecule has 2 heteroatoms. The molecule has 1 aromatic rings. The SMILES string of the molecule is CCC1=CCCC1.O=CNc1ccccc1. The van der Waals surface area contributed by atoms with E-state index in [1.807, 2.05) is 30.3 Å². The van der Waals surface area contributed by atoms with Gasteiger partial charge < -0.3 is 5.32 Å². The van der Waals surface area contributed by atoms with Crippen LogP contribution in [0.2, 0.25) is 0 Å². The standard InChI is InChI=1S/C7H7NO.C7H12/c9-6-8-7-4-2-1-3-5-7;1-2-7-5-3-4-6-7/h1-6H,(H,8,9);5H,2-4,6H2,1H3. The van der Waals surface area contributed by atoms with Crippen LogP contribution in [-0.4, -0.2) is 6.41 Å². The zero-order valence-electron chi connectivity index (χ0n) is 9.78. The van der Waals surface area contributed by atoms with Crippen LogP contribution in [0.4, 0.5) is 5.69 Å². The molecule has 0 heterocycles. The van der Waals surface area contributed by atoms with E-state index in [1.165, 1.54) is 25.7 Å². The summed E-state index contributed by atoms with van der Waals surface area (Å²) in [6, 6.07) is 9.29. The van der Waals surface area contributed by atoms with Crippen molar-refractivity contribution < 1.29 is 4.79 Å². The number of nitrogens with one attached hydrogen (secondary N) is 1. The molecule has 0 bridgehead atoms. The zero-order chi connectivity index (χ0) is 11.6. The number of allylic oxidation sites excluding steroid dienone is 2. The molecule has 1 N–H and O–H groups in total. The molecule has 0 radical (unpaired) electrons. The number of para-hydroxylation sites is 1. The van der Waals surface area contributed by atoms with Crippen LogP contribution in [0.3, 0.4) is 0 Å². The molecule has 2 rings (SSSR count). The van der Waals surface area contributed by atoms with Gasteiger partial charge in [-0.2, -0.15) is 0 Å². The lowest BCUT2D eigenvalue weighted by molar-refractivity contribution is -0.105. The van der Waals surface area contributed by atoms with Crippen molar-refractivity contribution in [2.24, 2.45) is 0 Å². The van der Waals surface area contributed by atoms with Crippen LogP contribution < -0.4 is 5.32 Å². The monoisotopic (exact) mass is 217 g/mol. The Morgan fingerprint density at radius 1 is 1.31 bits per heavy atom. The summed E-state index contributed by atoms with van der Waals surface area (Å²) < 4.78 is 0. The summed E-state index contributed by atoms with van der Waals surface area (Å²) >= 11 is 0. The number of amides is 1. The van der Waals surface area contributed by atoms with Gasteiger partial charge in [0.05, 0.1) is 0 Å². The van der Waals surface area contributed by atoms with Crippen LogP contribution in [0.1, 0.15) is 32.6 Å². The molecule has 1 aliphatic rings. The summed E-state index contributed by atoms with van der Waals surface area (Å²) in [4.78, 5) is 9.86. The Morgan fingerprint density at radius 2 is 2.06 bits per heavy atom. The fraction of sp³-hybridized carbons (Fsp3) is 0.357. The van der Waals surface area contributed by atoms with Gasteiger partial charge in [0.15, 0.2) is 0 Å². The molecule has 1 amide bonds. The van der Waals surface area contributed by atoms with Gasteiger partial charge >= 0.3 is 0 Å². The molecule has 0 unspecified atom stereocenters. The molecule has 0 atom stereocenters. The van der Waals surface area contributed by atoms with E-state index in [0.29, 0.717) is 6.41 Å². The van der Waals surface area contributed by atoms with Crippen molar-refractivity contribution in [3.05, 3.63) is 42.0 Å². The van der Waals surface area contributed by atoms with E-state index in [-0.39, 0.29) is 0 Å².